The molecule has 1 aromatic rings. The molecule has 0 aromatic heterocycles. The van der Waals surface area contributed by atoms with E-state index in [2.05, 4.69) is 0 Å². The molecule has 8 heteroatoms. The molecule has 2 atom stereocenters. The lowest BCUT2D eigenvalue weighted by atomic mass is 10.1. The van der Waals surface area contributed by atoms with Crippen molar-refractivity contribution >= 4 is 11.9 Å². The SMILES string of the molecule is COCCOCc1cc(C(=O)N2CC(OC)CC2C(=O)O)ccc1F. The highest BCUT2D eigenvalue weighted by atomic mass is 19.1. The molecule has 1 heterocycles. The van der Waals surface area contributed by atoms with E-state index in [1.807, 2.05) is 0 Å². The van der Waals surface area contributed by atoms with E-state index in [9.17, 15) is 19.1 Å². The van der Waals surface area contributed by atoms with E-state index in [1.165, 1.54) is 37.3 Å². The van der Waals surface area contributed by atoms with Crippen molar-refractivity contribution in [2.24, 2.45) is 0 Å². The summed E-state index contributed by atoms with van der Waals surface area (Å²) < 4.78 is 29.2. The number of likely N-dealkylation sites (tertiary alicyclic amines) is 1. The zero-order valence-corrected chi connectivity index (χ0v) is 14.2. The number of nitrogens with zero attached hydrogens (tertiary/aromatic N) is 1. The van der Waals surface area contributed by atoms with Gasteiger partial charge in [0.05, 0.1) is 25.9 Å². The summed E-state index contributed by atoms with van der Waals surface area (Å²) in [5.41, 5.74) is 0.450. The Morgan fingerprint density at radius 2 is 2.08 bits per heavy atom. The number of benzene rings is 1. The van der Waals surface area contributed by atoms with Gasteiger partial charge in [-0.25, -0.2) is 9.18 Å². The molecule has 1 aliphatic heterocycles. The summed E-state index contributed by atoms with van der Waals surface area (Å²) in [6.07, 6.45) is -0.103. The van der Waals surface area contributed by atoms with Crippen LogP contribution < -0.4 is 0 Å². The number of rotatable bonds is 8. The first-order chi connectivity index (χ1) is 12.0. The van der Waals surface area contributed by atoms with Gasteiger partial charge in [0.25, 0.3) is 5.91 Å². The third kappa shape index (κ3) is 4.75. The van der Waals surface area contributed by atoms with Crippen molar-refractivity contribution < 1.29 is 33.3 Å². The monoisotopic (exact) mass is 355 g/mol. The number of amides is 1. The molecule has 7 nitrogen and oxygen atoms in total. The lowest BCUT2D eigenvalue weighted by Crippen LogP contribution is -2.40. The summed E-state index contributed by atoms with van der Waals surface area (Å²) >= 11 is 0. The number of carbonyl (C=O) groups is 2. The van der Waals surface area contributed by atoms with Crippen LogP contribution in [0.4, 0.5) is 4.39 Å². The molecule has 1 amide bonds. The van der Waals surface area contributed by atoms with Crippen LogP contribution in [0.15, 0.2) is 18.2 Å². The highest BCUT2D eigenvalue weighted by Crippen LogP contribution is 2.23. The lowest BCUT2D eigenvalue weighted by Gasteiger charge is -2.21. The number of hydrogen-bond donors (Lipinski definition) is 1. The van der Waals surface area contributed by atoms with Crippen molar-refractivity contribution in [2.45, 2.75) is 25.2 Å². The van der Waals surface area contributed by atoms with E-state index in [0.717, 1.165) is 0 Å². The third-order valence-electron chi connectivity index (χ3n) is 4.12. The van der Waals surface area contributed by atoms with E-state index < -0.39 is 23.7 Å². The summed E-state index contributed by atoms with van der Waals surface area (Å²) in [6.45, 7) is 0.867. The minimum Gasteiger partial charge on any atom is -0.480 e. The van der Waals surface area contributed by atoms with Crippen LogP contribution in [0, 0.1) is 5.82 Å². The number of methoxy groups -OCH3 is 2. The van der Waals surface area contributed by atoms with Crippen molar-refractivity contribution in [1.82, 2.24) is 4.90 Å². The molecule has 2 rings (SSSR count). The van der Waals surface area contributed by atoms with Gasteiger partial charge >= 0.3 is 5.97 Å². The second kappa shape index (κ2) is 8.89. The summed E-state index contributed by atoms with van der Waals surface area (Å²) in [5.74, 6) is -2.04. The van der Waals surface area contributed by atoms with Crippen molar-refractivity contribution in [3.63, 3.8) is 0 Å². The van der Waals surface area contributed by atoms with E-state index in [0.29, 0.717) is 13.2 Å². The Bertz CT molecular complexity index is 623. The van der Waals surface area contributed by atoms with Gasteiger partial charge in [0, 0.05) is 38.3 Å². The minimum atomic E-state index is -1.09. The molecule has 0 saturated carbocycles. The predicted molar refractivity (Wildman–Crippen MR) is 85.8 cm³/mol. The van der Waals surface area contributed by atoms with Crippen LogP contribution in [0.5, 0.6) is 0 Å². The molecule has 1 N–H and O–H groups in total. The molecule has 0 aliphatic carbocycles. The van der Waals surface area contributed by atoms with Crippen LogP contribution in [-0.2, 0) is 25.6 Å². The first kappa shape index (κ1) is 19.3. The van der Waals surface area contributed by atoms with Crippen LogP contribution >= 0.6 is 0 Å². The van der Waals surface area contributed by atoms with Crippen LogP contribution in [-0.4, -0.2) is 68.0 Å². The maximum atomic E-state index is 13.9. The first-order valence-electron chi connectivity index (χ1n) is 7.89. The van der Waals surface area contributed by atoms with Gasteiger partial charge in [-0.3, -0.25) is 4.79 Å². The fraction of sp³-hybridized carbons (Fsp3) is 0.529. The number of aliphatic carboxylic acids is 1. The van der Waals surface area contributed by atoms with Gasteiger partial charge in [-0.2, -0.15) is 0 Å². The standard InChI is InChI=1S/C17H22FNO6/c1-23-5-6-25-10-12-7-11(3-4-14(12)18)16(20)19-9-13(24-2)8-15(19)17(21)22/h3-4,7,13,15H,5-6,8-10H2,1-2H3,(H,21,22). The average molecular weight is 355 g/mol. The molecule has 0 spiro atoms. The number of halogens is 1. The van der Waals surface area contributed by atoms with Crippen LogP contribution in [0.25, 0.3) is 0 Å². The fourth-order valence-electron chi connectivity index (χ4n) is 2.74. The quantitative estimate of drug-likeness (QED) is 0.708. The molecular formula is C17H22FNO6. The molecule has 2 unspecified atom stereocenters. The summed E-state index contributed by atoms with van der Waals surface area (Å²) in [6, 6.07) is 2.96. The van der Waals surface area contributed by atoms with Crippen molar-refractivity contribution in [3.8, 4) is 0 Å². The fourth-order valence-corrected chi connectivity index (χ4v) is 2.74. The van der Waals surface area contributed by atoms with E-state index in [1.54, 1.807) is 0 Å². The number of carboxylic acids is 1. The molecule has 1 fully saturated rings. The van der Waals surface area contributed by atoms with Crippen LogP contribution in [0.1, 0.15) is 22.3 Å². The Hall–Kier alpha value is -2.03. The molecule has 1 aromatic carbocycles. The highest BCUT2D eigenvalue weighted by Gasteiger charge is 2.40. The topological polar surface area (TPSA) is 85.3 Å². The number of carboxylic acid groups (broad SMARTS) is 1. The molecule has 0 bridgehead atoms. The van der Waals surface area contributed by atoms with Crippen molar-refractivity contribution in [1.29, 1.82) is 0 Å². The molecule has 1 saturated heterocycles. The van der Waals surface area contributed by atoms with Gasteiger partial charge in [0.15, 0.2) is 0 Å². The van der Waals surface area contributed by atoms with Crippen LogP contribution in [0.2, 0.25) is 0 Å². The first-order valence-corrected chi connectivity index (χ1v) is 7.89. The Balaban J connectivity index is 2.14. The van der Waals surface area contributed by atoms with Crippen LogP contribution in [0.3, 0.4) is 0 Å². The third-order valence-corrected chi connectivity index (χ3v) is 4.12. The van der Waals surface area contributed by atoms with Gasteiger partial charge in [0.1, 0.15) is 11.9 Å². The molecule has 1 aliphatic rings. The Morgan fingerprint density at radius 1 is 1.32 bits per heavy atom. The van der Waals surface area contributed by atoms with Gasteiger partial charge in [-0.1, -0.05) is 0 Å². The van der Waals surface area contributed by atoms with Crippen molar-refractivity contribution in [2.75, 3.05) is 34.0 Å². The smallest absolute Gasteiger partial charge is 0.326 e. The largest absolute Gasteiger partial charge is 0.480 e. The Labute approximate surface area is 145 Å². The molecular weight excluding hydrogens is 333 g/mol. The normalized spacial score (nSPS) is 20.0. The number of ether oxygens (including phenoxy) is 3. The average Bonchev–Trinajstić information content (AvgIpc) is 3.04. The molecule has 138 valence electrons. The molecule has 0 radical (unpaired) electrons. The number of hydrogen-bond acceptors (Lipinski definition) is 5. The predicted octanol–water partition coefficient (Wildman–Crippen LogP) is 1.30. The summed E-state index contributed by atoms with van der Waals surface area (Å²) in [4.78, 5) is 25.3. The zero-order chi connectivity index (χ0) is 18.4. The summed E-state index contributed by atoms with van der Waals surface area (Å²) in [7, 11) is 3.01. The van der Waals surface area contributed by atoms with E-state index in [-0.39, 0.29) is 36.8 Å². The van der Waals surface area contributed by atoms with Gasteiger partial charge in [0.2, 0.25) is 0 Å². The minimum absolute atomic E-state index is 0.000626. The van der Waals surface area contributed by atoms with Gasteiger partial charge < -0.3 is 24.2 Å². The summed E-state index contributed by atoms with van der Waals surface area (Å²) in [5, 5.41) is 9.32. The maximum absolute atomic E-state index is 13.9. The van der Waals surface area contributed by atoms with Gasteiger partial charge in [-0.05, 0) is 18.2 Å². The van der Waals surface area contributed by atoms with Gasteiger partial charge in [-0.15, -0.1) is 0 Å². The van der Waals surface area contributed by atoms with E-state index in [4.69, 9.17) is 14.2 Å². The zero-order valence-electron chi connectivity index (χ0n) is 14.2. The number of carbonyl (C=O) groups excluding carboxylic acids is 1. The second-order valence-corrected chi connectivity index (χ2v) is 5.76. The van der Waals surface area contributed by atoms with E-state index >= 15 is 0 Å². The maximum Gasteiger partial charge on any atom is 0.326 e. The molecule has 25 heavy (non-hydrogen) atoms. The van der Waals surface area contributed by atoms with Crippen molar-refractivity contribution in [3.05, 3.63) is 35.1 Å². The lowest BCUT2D eigenvalue weighted by molar-refractivity contribution is -0.141. The highest BCUT2D eigenvalue weighted by molar-refractivity contribution is 5.97. The second-order valence-electron chi connectivity index (χ2n) is 5.76. The Kier molecular flexibility index (Phi) is 6.86. The Morgan fingerprint density at radius 3 is 2.72 bits per heavy atom.